The standard InChI is InChI=1S/C12H27N3O2/c1-5-13-11(12(16)17)7-10-15(4)9-6-8-14(2)3/h11,13H,5-10H2,1-4H3,(H,16,17). The summed E-state index contributed by atoms with van der Waals surface area (Å²) in [7, 11) is 6.16. The molecule has 0 aromatic rings. The van der Waals surface area contributed by atoms with Crippen LogP contribution in [0, 0.1) is 0 Å². The van der Waals surface area contributed by atoms with Crippen molar-refractivity contribution < 1.29 is 9.90 Å². The van der Waals surface area contributed by atoms with E-state index in [-0.39, 0.29) is 0 Å². The van der Waals surface area contributed by atoms with E-state index in [1.807, 2.05) is 14.0 Å². The largest absolute Gasteiger partial charge is 0.480 e. The highest BCUT2D eigenvalue weighted by Crippen LogP contribution is 1.97. The van der Waals surface area contributed by atoms with Gasteiger partial charge < -0.3 is 20.2 Å². The van der Waals surface area contributed by atoms with Crippen LogP contribution < -0.4 is 5.32 Å². The van der Waals surface area contributed by atoms with E-state index in [0.717, 1.165) is 26.1 Å². The molecular formula is C12H27N3O2. The molecule has 0 aliphatic rings. The van der Waals surface area contributed by atoms with Crippen molar-refractivity contribution in [3.63, 3.8) is 0 Å². The van der Waals surface area contributed by atoms with Crippen molar-refractivity contribution in [2.24, 2.45) is 0 Å². The Balaban J connectivity index is 3.72. The van der Waals surface area contributed by atoms with Crippen LogP contribution in [0.25, 0.3) is 0 Å². The fourth-order valence-electron chi connectivity index (χ4n) is 1.68. The van der Waals surface area contributed by atoms with E-state index in [9.17, 15) is 4.79 Å². The second-order valence-electron chi connectivity index (χ2n) is 4.70. The number of nitrogens with one attached hydrogen (secondary N) is 1. The van der Waals surface area contributed by atoms with E-state index in [0.29, 0.717) is 13.0 Å². The van der Waals surface area contributed by atoms with Crippen molar-refractivity contribution in [3.05, 3.63) is 0 Å². The van der Waals surface area contributed by atoms with Crippen LogP contribution >= 0.6 is 0 Å². The molecule has 5 heteroatoms. The molecule has 1 unspecified atom stereocenters. The SMILES string of the molecule is CCNC(CCN(C)CCCN(C)C)C(=O)O. The first-order valence-electron chi connectivity index (χ1n) is 6.26. The molecule has 2 N–H and O–H groups in total. The Morgan fingerprint density at radius 2 is 1.88 bits per heavy atom. The van der Waals surface area contributed by atoms with Gasteiger partial charge in [0.2, 0.25) is 0 Å². The van der Waals surface area contributed by atoms with E-state index in [4.69, 9.17) is 5.11 Å². The van der Waals surface area contributed by atoms with Gasteiger partial charge in [-0.25, -0.2) is 0 Å². The molecule has 0 radical (unpaired) electrons. The van der Waals surface area contributed by atoms with Crippen molar-refractivity contribution in [1.82, 2.24) is 15.1 Å². The summed E-state index contributed by atoms with van der Waals surface area (Å²) in [6.07, 6.45) is 1.77. The molecular weight excluding hydrogens is 218 g/mol. The summed E-state index contributed by atoms with van der Waals surface area (Å²) in [5.41, 5.74) is 0. The third-order valence-electron chi connectivity index (χ3n) is 2.69. The van der Waals surface area contributed by atoms with Crippen molar-refractivity contribution >= 4 is 5.97 Å². The summed E-state index contributed by atoms with van der Waals surface area (Å²) in [6, 6.07) is -0.420. The number of nitrogens with zero attached hydrogens (tertiary/aromatic N) is 2. The van der Waals surface area contributed by atoms with E-state index in [1.54, 1.807) is 0 Å². The van der Waals surface area contributed by atoms with Crippen LogP contribution in [0.5, 0.6) is 0 Å². The lowest BCUT2D eigenvalue weighted by Gasteiger charge is -2.20. The van der Waals surface area contributed by atoms with Gasteiger partial charge in [0.25, 0.3) is 0 Å². The lowest BCUT2D eigenvalue weighted by atomic mass is 10.2. The fourth-order valence-corrected chi connectivity index (χ4v) is 1.68. The van der Waals surface area contributed by atoms with Crippen LogP contribution in [0.3, 0.4) is 0 Å². The first-order chi connectivity index (χ1) is 7.97. The van der Waals surface area contributed by atoms with Crippen molar-refractivity contribution in [1.29, 1.82) is 0 Å². The fraction of sp³-hybridized carbons (Fsp3) is 0.917. The van der Waals surface area contributed by atoms with E-state index in [1.165, 1.54) is 0 Å². The highest BCUT2D eigenvalue weighted by Gasteiger charge is 2.15. The summed E-state index contributed by atoms with van der Waals surface area (Å²) in [5.74, 6) is -0.756. The minimum Gasteiger partial charge on any atom is -0.480 e. The minimum absolute atomic E-state index is 0.420. The highest BCUT2D eigenvalue weighted by molar-refractivity contribution is 5.73. The van der Waals surface area contributed by atoms with Crippen LogP contribution in [0.2, 0.25) is 0 Å². The second kappa shape index (κ2) is 9.39. The third-order valence-corrected chi connectivity index (χ3v) is 2.69. The highest BCUT2D eigenvalue weighted by atomic mass is 16.4. The van der Waals surface area contributed by atoms with E-state index in [2.05, 4.69) is 29.2 Å². The van der Waals surface area contributed by atoms with Gasteiger partial charge in [0, 0.05) is 0 Å². The maximum Gasteiger partial charge on any atom is 0.320 e. The van der Waals surface area contributed by atoms with Crippen LogP contribution in [0.4, 0.5) is 0 Å². The number of rotatable bonds is 10. The predicted octanol–water partition coefficient (Wildman–Crippen LogP) is 0.323. The molecule has 102 valence electrons. The molecule has 1 atom stereocenters. The number of carbonyl (C=O) groups is 1. The Hall–Kier alpha value is -0.650. The van der Waals surface area contributed by atoms with E-state index < -0.39 is 12.0 Å². The van der Waals surface area contributed by atoms with E-state index >= 15 is 0 Å². The Morgan fingerprint density at radius 3 is 2.35 bits per heavy atom. The summed E-state index contributed by atoms with van der Waals surface area (Å²) in [5, 5.41) is 12.0. The molecule has 0 bridgehead atoms. The number of aliphatic carboxylic acids is 1. The molecule has 0 rings (SSSR count). The smallest absolute Gasteiger partial charge is 0.320 e. The summed E-state index contributed by atoms with van der Waals surface area (Å²) in [6.45, 7) is 5.52. The summed E-state index contributed by atoms with van der Waals surface area (Å²) < 4.78 is 0. The monoisotopic (exact) mass is 245 g/mol. The van der Waals surface area contributed by atoms with Crippen LogP contribution in [0.15, 0.2) is 0 Å². The normalized spacial score (nSPS) is 13.3. The van der Waals surface area contributed by atoms with Gasteiger partial charge >= 0.3 is 5.97 Å². The lowest BCUT2D eigenvalue weighted by Crippen LogP contribution is -2.39. The molecule has 0 aliphatic carbocycles. The average Bonchev–Trinajstić information content (AvgIpc) is 2.23. The maximum absolute atomic E-state index is 10.9. The molecule has 0 aromatic carbocycles. The topological polar surface area (TPSA) is 55.8 Å². The molecule has 0 amide bonds. The van der Waals surface area contributed by atoms with Crippen LogP contribution in [-0.2, 0) is 4.79 Å². The first-order valence-corrected chi connectivity index (χ1v) is 6.26. The van der Waals surface area contributed by atoms with Gasteiger partial charge in [-0.2, -0.15) is 0 Å². The molecule has 0 fully saturated rings. The van der Waals surface area contributed by atoms with Crippen LogP contribution in [-0.4, -0.2) is 74.2 Å². The minimum atomic E-state index is -0.756. The molecule has 17 heavy (non-hydrogen) atoms. The third kappa shape index (κ3) is 9.09. The number of carboxylic acid groups (broad SMARTS) is 1. The number of carboxylic acids is 1. The average molecular weight is 245 g/mol. The van der Waals surface area contributed by atoms with Crippen molar-refractivity contribution in [3.8, 4) is 0 Å². The van der Waals surface area contributed by atoms with Gasteiger partial charge in [0.05, 0.1) is 0 Å². The number of hydrogen-bond acceptors (Lipinski definition) is 4. The summed E-state index contributed by atoms with van der Waals surface area (Å²) in [4.78, 5) is 15.3. The van der Waals surface area contributed by atoms with Crippen molar-refractivity contribution in [2.45, 2.75) is 25.8 Å². The van der Waals surface area contributed by atoms with Gasteiger partial charge in [-0.1, -0.05) is 6.92 Å². The van der Waals surface area contributed by atoms with Gasteiger partial charge in [-0.15, -0.1) is 0 Å². The molecule has 0 aliphatic heterocycles. The Bertz CT molecular complexity index is 210. The quantitative estimate of drug-likeness (QED) is 0.580. The zero-order valence-corrected chi connectivity index (χ0v) is 11.6. The van der Waals surface area contributed by atoms with Gasteiger partial charge in [0.1, 0.15) is 6.04 Å². The van der Waals surface area contributed by atoms with Crippen molar-refractivity contribution in [2.75, 3.05) is 47.3 Å². The number of likely N-dealkylation sites (N-methyl/N-ethyl adjacent to an activating group) is 1. The Morgan fingerprint density at radius 1 is 1.24 bits per heavy atom. The molecule has 0 spiro atoms. The van der Waals surface area contributed by atoms with Gasteiger partial charge in [0.15, 0.2) is 0 Å². The molecule has 5 nitrogen and oxygen atoms in total. The van der Waals surface area contributed by atoms with Crippen LogP contribution in [0.1, 0.15) is 19.8 Å². The number of hydrogen-bond donors (Lipinski definition) is 2. The zero-order chi connectivity index (χ0) is 13.3. The maximum atomic E-state index is 10.9. The molecule has 0 saturated heterocycles. The predicted molar refractivity (Wildman–Crippen MR) is 70.4 cm³/mol. The zero-order valence-electron chi connectivity index (χ0n) is 11.6. The molecule has 0 heterocycles. The Kier molecular flexibility index (Phi) is 9.03. The van der Waals surface area contributed by atoms with Gasteiger partial charge in [-0.3, -0.25) is 4.79 Å². The Labute approximate surface area is 105 Å². The lowest BCUT2D eigenvalue weighted by molar-refractivity contribution is -0.139. The van der Waals surface area contributed by atoms with Gasteiger partial charge in [-0.05, 0) is 60.2 Å². The molecule has 0 saturated carbocycles. The molecule has 0 aromatic heterocycles. The second-order valence-corrected chi connectivity index (χ2v) is 4.70. The first kappa shape index (κ1) is 16.4. The summed E-state index contributed by atoms with van der Waals surface area (Å²) >= 11 is 0.